The van der Waals surface area contributed by atoms with E-state index in [0.717, 1.165) is 6.20 Å². The van der Waals surface area contributed by atoms with Gasteiger partial charge in [-0.05, 0) is 23.8 Å². The Morgan fingerprint density at radius 3 is 2.63 bits per heavy atom. The molecule has 7 heteroatoms. The quantitative estimate of drug-likeness (QED) is 0.792. The summed E-state index contributed by atoms with van der Waals surface area (Å²) in [7, 11) is 0. The van der Waals surface area contributed by atoms with E-state index < -0.39 is 11.6 Å². The van der Waals surface area contributed by atoms with Crippen molar-refractivity contribution >= 4 is 5.91 Å². The molecule has 19 heavy (non-hydrogen) atoms. The van der Waals surface area contributed by atoms with Crippen molar-refractivity contribution in [2.75, 3.05) is 0 Å². The smallest absolute Gasteiger partial charge is 0.380 e. The summed E-state index contributed by atoms with van der Waals surface area (Å²) >= 11 is 0. The Bertz CT molecular complexity index is 652. The Morgan fingerprint density at radius 2 is 2.00 bits per heavy atom. The standard InChI is InChI=1S/C12H10FN3O3/c13-9-3-1-8(2-4-9)7-14-11(17)10-5-6-16(19)12(18)15-10/h1-6,19H,7H2,(H,14,17). The van der Waals surface area contributed by atoms with Crippen molar-refractivity contribution in [3.63, 3.8) is 0 Å². The molecule has 2 N–H and O–H groups in total. The highest BCUT2D eigenvalue weighted by Crippen LogP contribution is 2.02. The SMILES string of the molecule is O=C(NCc1ccc(F)cc1)c1ccn(O)c(=O)n1. The molecule has 1 amide bonds. The van der Waals surface area contributed by atoms with Crippen molar-refractivity contribution in [2.45, 2.75) is 6.54 Å². The number of hydrogen-bond donors (Lipinski definition) is 2. The number of hydrogen-bond acceptors (Lipinski definition) is 4. The van der Waals surface area contributed by atoms with Crippen LogP contribution in [0.15, 0.2) is 41.3 Å². The molecule has 0 atom stereocenters. The molecule has 0 saturated heterocycles. The highest BCUT2D eigenvalue weighted by atomic mass is 19.1. The molecule has 0 unspecified atom stereocenters. The minimum atomic E-state index is -0.936. The predicted octanol–water partition coefficient (Wildman–Crippen LogP) is 0.550. The molecule has 0 spiro atoms. The van der Waals surface area contributed by atoms with Crippen LogP contribution >= 0.6 is 0 Å². The molecule has 1 aromatic heterocycles. The van der Waals surface area contributed by atoms with Gasteiger partial charge >= 0.3 is 5.69 Å². The second kappa shape index (κ2) is 5.30. The zero-order valence-electron chi connectivity index (χ0n) is 9.71. The van der Waals surface area contributed by atoms with Gasteiger partial charge in [0.05, 0.1) is 6.20 Å². The molecule has 1 aromatic carbocycles. The van der Waals surface area contributed by atoms with Crippen LogP contribution in [-0.4, -0.2) is 20.8 Å². The molecule has 98 valence electrons. The summed E-state index contributed by atoms with van der Waals surface area (Å²) in [6.07, 6.45) is 1.03. The first-order valence-corrected chi connectivity index (χ1v) is 5.38. The van der Waals surface area contributed by atoms with Gasteiger partial charge in [0.25, 0.3) is 5.91 Å². The van der Waals surface area contributed by atoms with Gasteiger partial charge in [0.1, 0.15) is 11.5 Å². The number of aromatic nitrogens is 2. The molecule has 0 radical (unpaired) electrons. The molecule has 0 fully saturated rings. The molecular weight excluding hydrogens is 253 g/mol. The first-order chi connectivity index (χ1) is 9.06. The summed E-state index contributed by atoms with van der Waals surface area (Å²) in [6.45, 7) is 0.184. The molecule has 2 rings (SSSR count). The normalized spacial score (nSPS) is 10.2. The van der Waals surface area contributed by atoms with E-state index in [9.17, 15) is 14.0 Å². The van der Waals surface area contributed by atoms with Gasteiger partial charge in [-0.1, -0.05) is 12.1 Å². The van der Waals surface area contributed by atoms with E-state index in [1.54, 1.807) is 0 Å². The van der Waals surface area contributed by atoms with Crippen molar-refractivity contribution < 1.29 is 14.4 Å². The van der Waals surface area contributed by atoms with Crippen LogP contribution in [0.1, 0.15) is 16.1 Å². The fourth-order valence-corrected chi connectivity index (χ4v) is 1.40. The topological polar surface area (TPSA) is 84.2 Å². The first-order valence-electron chi connectivity index (χ1n) is 5.38. The Labute approximate surface area is 107 Å². The van der Waals surface area contributed by atoms with E-state index in [1.807, 2.05) is 0 Å². The summed E-state index contributed by atoms with van der Waals surface area (Å²) in [6, 6.07) is 6.85. The second-order valence-corrected chi connectivity index (χ2v) is 3.75. The molecular formula is C12H10FN3O3. The Hall–Kier alpha value is -2.70. The zero-order valence-corrected chi connectivity index (χ0v) is 9.71. The largest absolute Gasteiger partial charge is 0.424 e. The summed E-state index contributed by atoms with van der Waals surface area (Å²) in [5.41, 5.74) is -0.322. The van der Waals surface area contributed by atoms with Gasteiger partial charge in [0, 0.05) is 6.54 Å². The van der Waals surface area contributed by atoms with Gasteiger partial charge in [0.2, 0.25) is 0 Å². The van der Waals surface area contributed by atoms with Gasteiger partial charge in [0.15, 0.2) is 0 Å². The fraction of sp³-hybridized carbons (Fsp3) is 0.0833. The Morgan fingerprint density at radius 1 is 1.32 bits per heavy atom. The number of halogens is 1. The average molecular weight is 263 g/mol. The van der Waals surface area contributed by atoms with E-state index in [-0.39, 0.29) is 22.8 Å². The van der Waals surface area contributed by atoms with E-state index in [4.69, 9.17) is 5.21 Å². The highest BCUT2D eigenvalue weighted by Gasteiger charge is 2.08. The van der Waals surface area contributed by atoms with Crippen LogP contribution in [0.3, 0.4) is 0 Å². The minimum Gasteiger partial charge on any atom is -0.424 e. The van der Waals surface area contributed by atoms with Crippen LogP contribution < -0.4 is 11.0 Å². The third-order valence-corrected chi connectivity index (χ3v) is 2.38. The van der Waals surface area contributed by atoms with Gasteiger partial charge in [-0.2, -0.15) is 4.98 Å². The van der Waals surface area contributed by atoms with Crippen molar-refractivity contribution in [1.82, 2.24) is 15.0 Å². The predicted molar refractivity (Wildman–Crippen MR) is 63.3 cm³/mol. The Kier molecular flexibility index (Phi) is 3.56. The van der Waals surface area contributed by atoms with E-state index >= 15 is 0 Å². The van der Waals surface area contributed by atoms with Crippen LogP contribution in [0.25, 0.3) is 0 Å². The maximum Gasteiger partial charge on any atom is 0.380 e. The van der Waals surface area contributed by atoms with Crippen LogP contribution in [0.2, 0.25) is 0 Å². The van der Waals surface area contributed by atoms with E-state index in [0.29, 0.717) is 5.56 Å². The summed E-state index contributed by atoms with van der Waals surface area (Å²) < 4.78 is 12.9. The number of carbonyl (C=O) groups excluding carboxylic acids is 1. The molecule has 0 aliphatic rings. The van der Waals surface area contributed by atoms with E-state index in [2.05, 4.69) is 10.3 Å². The number of benzene rings is 1. The number of nitrogens with zero attached hydrogens (tertiary/aromatic N) is 2. The van der Waals surface area contributed by atoms with Gasteiger partial charge in [-0.3, -0.25) is 4.79 Å². The lowest BCUT2D eigenvalue weighted by Gasteiger charge is -2.04. The molecule has 0 aliphatic heterocycles. The number of rotatable bonds is 3. The molecule has 0 aliphatic carbocycles. The number of amides is 1. The van der Waals surface area contributed by atoms with Gasteiger partial charge < -0.3 is 10.5 Å². The average Bonchev–Trinajstić information content (AvgIpc) is 2.41. The van der Waals surface area contributed by atoms with Crippen LogP contribution in [-0.2, 0) is 6.54 Å². The molecule has 6 nitrogen and oxygen atoms in total. The summed E-state index contributed by atoms with van der Waals surface area (Å²) in [5, 5.41) is 11.5. The molecule has 0 bridgehead atoms. The van der Waals surface area contributed by atoms with Crippen molar-refractivity contribution in [3.8, 4) is 0 Å². The second-order valence-electron chi connectivity index (χ2n) is 3.75. The maximum atomic E-state index is 12.7. The van der Waals surface area contributed by atoms with Crippen molar-refractivity contribution in [2.24, 2.45) is 0 Å². The monoisotopic (exact) mass is 263 g/mol. The van der Waals surface area contributed by atoms with Gasteiger partial charge in [-0.25, -0.2) is 9.18 Å². The number of nitrogens with one attached hydrogen (secondary N) is 1. The molecule has 1 heterocycles. The van der Waals surface area contributed by atoms with Gasteiger partial charge in [-0.15, -0.1) is 4.73 Å². The number of carbonyl (C=O) groups is 1. The van der Waals surface area contributed by atoms with Crippen LogP contribution in [0, 0.1) is 5.82 Å². The lowest BCUT2D eigenvalue weighted by molar-refractivity contribution is 0.0943. The Balaban J connectivity index is 2.03. The molecule has 2 aromatic rings. The fourth-order valence-electron chi connectivity index (χ4n) is 1.40. The summed E-state index contributed by atoms with van der Waals surface area (Å²) in [5.74, 6) is -0.912. The third kappa shape index (κ3) is 3.15. The highest BCUT2D eigenvalue weighted by molar-refractivity contribution is 5.91. The maximum absolute atomic E-state index is 12.7. The lowest BCUT2D eigenvalue weighted by Crippen LogP contribution is -2.29. The first kappa shape index (κ1) is 12.7. The van der Waals surface area contributed by atoms with E-state index in [1.165, 1.54) is 30.3 Å². The van der Waals surface area contributed by atoms with Crippen molar-refractivity contribution in [3.05, 3.63) is 64.1 Å². The van der Waals surface area contributed by atoms with Crippen LogP contribution in [0.5, 0.6) is 0 Å². The van der Waals surface area contributed by atoms with Crippen LogP contribution in [0.4, 0.5) is 4.39 Å². The third-order valence-electron chi connectivity index (χ3n) is 2.38. The summed E-state index contributed by atoms with van der Waals surface area (Å²) in [4.78, 5) is 26.1. The molecule has 0 saturated carbocycles. The minimum absolute atomic E-state index is 0.0996. The van der Waals surface area contributed by atoms with Crippen molar-refractivity contribution in [1.29, 1.82) is 0 Å². The lowest BCUT2D eigenvalue weighted by atomic mass is 10.2. The zero-order chi connectivity index (χ0) is 13.8.